The number of methoxy groups -OCH3 is 2. The molecule has 0 N–H and O–H groups in total. The minimum absolute atomic E-state index is 0.234. The van der Waals surface area contributed by atoms with Gasteiger partial charge in [0.2, 0.25) is 5.78 Å². The number of ketones is 1. The fourth-order valence-corrected chi connectivity index (χ4v) is 4.02. The maximum Gasteiger partial charge on any atom is 0.340 e. The molecule has 0 spiro atoms. The first kappa shape index (κ1) is 20.6. The third-order valence-corrected chi connectivity index (χ3v) is 5.70. The molecular weight excluding hydrogens is 416 g/mol. The summed E-state index contributed by atoms with van der Waals surface area (Å²) in [6.45, 7) is 1.97. The SMILES string of the molecule is CCOC(=O)c1cc(C(=O)c2ccc(OC)c(OC)c2)n2cnc(-c3cccs3)cc12. The minimum atomic E-state index is -0.491. The second kappa shape index (κ2) is 8.61. The Hall–Kier alpha value is -3.65. The molecule has 0 aliphatic heterocycles. The number of aromatic nitrogens is 2. The average Bonchev–Trinajstić information content (AvgIpc) is 3.46. The first-order valence-corrected chi connectivity index (χ1v) is 10.4. The zero-order valence-electron chi connectivity index (χ0n) is 17.2. The molecule has 31 heavy (non-hydrogen) atoms. The Morgan fingerprint density at radius 1 is 1.06 bits per heavy atom. The third kappa shape index (κ3) is 3.77. The predicted octanol–water partition coefficient (Wildman–Crippen LogP) is 4.49. The van der Waals surface area contributed by atoms with E-state index in [9.17, 15) is 9.59 Å². The van der Waals surface area contributed by atoms with E-state index in [0.29, 0.717) is 33.8 Å². The molecule has 4 rings (SSSR count). The topological polar surface area (TPSA) is 79.1 Å². The normalized spacial score (nSPS) is 10.8. The van der Waals surface area contributed by atoms with Crippen LogP contribution in [0.5, 0.6) is 11.5 Å². The van der Waals surface area contributed by atoms with Crippen molar-refractivity contribution in [2.45, 2.75) is 6.92 Å². The van der Waals surface area contributed by atoms with Crippen LogP contribution in [-0.2, 0) is 4.74 Å². The number of hydrogen-bond donors (Lipinski definition) is 0. The Balaban J connectivity index is 1.86. The average molecular weight is 436 g/mol. The highest BCUT2D eigenvalue weighted by molar-refractivity contribution is 7.13. The van der Waals surface area contributed by atoms with Gasteiger partial charge in [0, 0.05) is 5.56 Å². The Bertz CT molecular complexity index is 1260. The minimum Gasteiger partial charge on any atom is -0.493 e. The second-order valence-corrected chi connectivity index (χ2v) is 7.52. The molecular formula is C23H20N2O5S. The van der Waals surface area contributed by atoms with Gasteiger partial charge in [0.15, 0.2) is 11.5 Å². The van der Waals surface area contributed by atoms with Gasteiger partial charge in [0.05, 0.1) is 48.2 Å². The van der Waals surface area contributed by atoms with E-state index in [2.05, 4.69) is 4.98 Å². The van der Waals surface area contributed by atoms with E-state index in [-0.39, 0.29) is 12.4 Å². The van der Waals surface area contributed by atoms with E-state index >= 15 is 0 Å². The van der Waals surface area contributed by atoms with Crippen LogP contribution in [0.1, 0.15) is 33.3 Å². The molecule has 3 heterocycles. The molecule has 4 aromatic rings. The van der Waals surface area contributed by atoms with Crippen LogP contribution in [0.3, 0.4) is 0 Å². The van der Waals surface area contributed by atoms with E-state index in [1.807, 2.05) is 17.5 Å². The number of esters is 1. The molecule has 0 atom stereocenters. The number of rotatable bonds is 7. The van der Waals surface area contributed by atoms with Gasteiger partial charge in [-0.2, -0.15) is 0 Å². The third-order valence-electron chi connectivity index (χ3n) is 4.81. The van der Waals surface area contributed by atoms with Crippen molar-refractivity contribution in [3.8, 4) is 22.1 Å². The summed E-state index contributed by atoms with van der Waals surface area (Å²) in [6, 6.07) is 12.2. The Morgan fingerprint density at radius 3 is 2.55 bits per heavy atom. The van der Waals surface area contributed by atoms with Crippen LogP contribution in [-0.4, -0.2) is 42.0 Å². The summed E-state index contributed by atoms with van der Waals surface area (Å²) in [5.74, 6) is 0.193. The van der Waals surface area contributed by atoms with Crippen LogP contribution in [0.2, 0.25) is 0 Å². The highest BCUT2D eigenvalue weighted by Gasteiger charge is 2.23. The largest absolute Gasteiger partial charge is 0.493 e. The van der Waals surface area contributed by atoms with Crippen molar-refractivity contribution in [1.82, 2.24) is 9.38 Å². The molecule has 0 aliphatic rings. The van der Waals surface area contributed by atoms with Crippen LogP contribution in [0.4, 0.5) is 0 Å². The molecule has 0 aliphatic carbocycles. The summed E-state index contributed by atoms with van der Waals surface area (Å²) < 4.78 is 17.4. The van der Waals surface area contributed by atoms with Crippen molar-refractivity contribution >= 4 is 28.6 Å². The fraction of sp³-hybridized carbons (Fsp3) is 0.174. The van der Waals surface area contributed by atoms with Crippen LogP contribution in [0.15, 0.2) is 54.2 Å². The van der Waals surface area contributed by atoms with Crippen molar-refractivity contribution in [1.29, 1.82) is 0 Å². The van der Waals surface area contributed by atoms with Crippen LogP contribution in [0, 0.1) is 0 Å². The molecule has 0 radical (unpaired) electrons. The van der Waals surface area contributed by atoms with Gasteiger partial charge >= 0.3 is 5.97 Å². The smallest absolute Gasteiger partial charge is 0.340 e. The number of nitrogens with zero attached hydrogens (tertiary/aromatic N) is 2. The van der Waals surface area contributed by atoms with Gasteiger partial charge in [-0.1, -0.05) is 6.07 Å². The maximum atomic E-state index is 13.3. The Morgan fingerprint density at radius 2 is 1.87 bits per heavy atom. The van der Waals surface area contributed by atoms with Crippen molar-refractivity contribution in [2.24, 2.45) is 0 Å². The molecule has 158 valence electrons. The molecule has 0 bridgehead atoms. The van der Waals surface area contributed by atoms with Gasteiger partial charge in [-0.25, -0.2) is 9.78 Å². The van der Waals surface area contributed by atoms with Gasteiger partial charge in [-0.05, 0) is 48.7 Å². The Labute approximate surface area is 182 Å². The number of carbonyl (C=O) groups is 2. The van der Waals surface area contributed by atoms with E-state index in [1.54, 1.807) is 59.3 Å². The van der Waals surface area contributed by atoms with Crippen molar-refractivity contribution < 1.29 is 23.8 Å². The summed E-state index contributed by atoms with van der Waals surface area (Å²) in [7, 11) is 3.04. The van der Waals surface area contributed by atoms with E-state index in [4.69, 9.17) is 14.2 Å². The van der Waals surface area contributed by atoms with Crippen LogP contribution >= 0.6 is 11.3 Å². The summed E-state index contributed by atoms with van der Waals surface area (Å²) in [5.41, 5.74) is 2.29. The molecule has 3 aromatic heterocycles. The molecule has 8 heteroatoms. The standard InChI is InChI=1S/C23H20N2O5S/c1-4-30-23(27)15-11-18(22(26)14-7-8-19(28-2)20(10-14)29-3)25-13-24-16(12-17(15)25)21-6-5-9-31-21/h5-13H,4H2,1-3H3. The lowest BCUT2D eigenvalue weighted by atomic mass is 10.1. The molecule has 0 saturated carbocycles. The molecule has 0 fully saturated rings. The van der Waals surface area contributed by atoms with Crippen molar-refractivity contribution in [3.05, 3.63) is 71.0 Å². The van der Waals surface area contributed by atoms with Gasteiger partial charge in [0.1, 0.15) is 6.33 Å². The van der Waals surface area contributed by atoms with E-state index < -0.39 is 5.97 Å². The first-order valence-electron chi connectivity index (χ1n) is 9.56. The number of fused-ring (bicyclic) bond motifs is 1. The lowest BCUT2D eigenvalue weighted by Crippen LogP contribution is -2.06. The highest BCUT2D eigenvalue weighted by Crippen LogP contribution is 2.30. The molecule has 0 unspecified atom stereocenters. The highest BCUT2D eigenvalue weighted by atomic mass is 32.1. The number of thiophene rings is 1. The molecule has 0 amide bonds. The van der Waals surface area contributed by atoms with E-state index in [1.165, 1.54) is 14.2 Å². The zero-order valence-corrected chi connectivity index (χ0v) is 18.1. The number of hydrogen-bond acceptors (Lipinski definition) is 7. The molecule has 7 nitrogen and oxygen atoms in total. The zero-order chi connectivity index (χ0) is 22.0. The Kier molecular flexibility index (Phi) is 5.73. The van der Waals surface area contributed by atoms with Gasteiger partial charge in [0.25, 0.3) is 0 Å². The molecule has 0 saturated heterocycles. The van der Waals surface area contributed by atoms with E-state index in [0.717, 1.165) is 10.6 Å². The van der Waals surface area contributed by atoms with Crippen LogP contribution < -0.4 is 9.47 Å². The number of ether oxygens (including phenoxy) is 3. The van der Waals surface area contributed by atoms with Gasteiger partial charge in [-0.3, -0.25) is 9.20 Å². The van der Waals surface area contributed by atoms with Crippen molar-refractivity contribution in [3.63, 3.8) is 0 Å². The van der Waals surface area contributed by atoms with Gasteiger partial charge < -0.3 is 14.2 Å². The summed E-state index contributed by atoms with van der Waals surface area (Å²) in [5, 5.41) is 1.96. The first-order chi connectivity index (χ1) is 15.1. The number of carbonyl (C=O) groups excluding carboxylic acids is 2. The summed E-state index contributed by atoms with van der Waals surface area (Å²) in [6.07, 6.45) is 1.56. The predicted molar refractivity (Wildman–Crippen MR) is 117 cm³/mol. The van der Waals surface area contributed by atoms with Gasteiger partial charge in [-0.15, -0.1) is 11.3 Å². The lowest BCUT2D eigenvalue weighted by Gasteiger charge is -2.09. The quantitative estimate of drug-likeness (QED) is 0.314. The number of benzene rings is 1. The summed E-state index contributed by atoms with van der Waals surface area (Å²) >= 11 is 1.55. The lowest BCUT2D eigenvalue weighted by molar-refractivity contribution is 0.0529. The molecule has 1 aromatic carbocycles. The fourth-order valence-electron chi connectivity index (χ4n) is 3.33. The van der Waals surface area contributed by atoms with Crippen LogP contribution in [0.25, 0.3) is 16.1 Å². The monoisotopic (exact) mass is 436 g/mol. The van der Waals surface area contributed by atoms with Crippen molar-refractivity contribution in [2.75, 3.05) is 20.8 Å². The summed E-state index contributed by atoms with van der Waals surface area (Å²) in [4.78, 5) is 31.4. The maximum absolute atomic E-state index is 13.3. The second-order valence-electron chi connectivity index (χ2n) is 6.57.